The van der Waals surface area contributed by atoms with Crippen LogP contribution in [-0.4, -0.2) is 160 Å². The monoisotopic (exact) mass is 1130 g/mol. The molecule has 20 nitrogen and oxygen atoms in total. The fourth-order valence-electron chi connectivity index (χ4n) is 11.4. The number of amides is 7. The fraction of sp³-hybridized carbons (Fsp3) is 0.597. The first-order chi connectivity index (χ1) is 38.6. The number of fused-ring (bicyclic) bond motifs is 2. The largest absolute Gasteiger partial charge is 0.475 e. The van der Waals surface area contributed by atoms with Gasteiger partial charge in [0.2, 0.25) is 0 Å². The summed E-state index contributed by atoms with van der Waals surface area (Å²) in [5, 5.41) is 2.74. The Bertz CT molecular complexity index is 2890. The van der Waals surface area contributed by atoms with Crippen molar-refractivity contribution >= 4 is 53.3 Å². The van der Waals surface area contributed by atoms with Gasteiger partial charge in [0.05, 0.1) is 23.5 Å². The summed E-state index contributed by atoms with van der Waals surface area (Å²) in [7, 11) is 0. The SMILES string of the molecule is Cc1cc2c(cc1C(=O)N(C(C)C)[C@@H]1CCCN(C(=O)OC(C)(C)C)C1)N(CCN)C(=O)C1(CC1)O2.Cc1cc2c(cc1C(=O)N(C(C)C)[C@@H]1CCCN(C(=O)OC(C)(C)C)C1)N(CCNC(=O)OCc1ccccc1)C(=O)C1(CC1)O2. The van der Waals surface area contributed by atoms with Crippen LogP contribution < -0.4 is 30.3 Å². The molecule has 3 N–H and O–H groups in total. The summed E-state index contributed by atoms with van der Waals surface area (Å²) in [6, 6.07) is 16.0. The van der Waals surface area contributed by atoms with E-state index in [1.807, 2.05) is 135 Å². The summed E-state index contributed by atoms with van der Waals surface area (Å²) in [5.41, 5.74) is 7.47. The van der Waals surface area contributed by atoms with Gasteiger partial charge in [-0.1, -0.05) is 30.3 Å². The van der Waals surface area contributed by atoms with Crippen molar-refractivity contribution in [3.8, 4) is 11.5 Å². The minimum Gasteiger partial charge on any atom is -0.475 e. The number of likely N-dealkylation sites (tertiary alicyclic amines) is 2. The van der Waals surface area contributed by atoms with Crippen LogP contribution in [0.25, 0.3) is 0 Å². The van der Waals surface area contributed by atoms with Crippen LogP contribution in [0.2, 0.25) is 0 Å². The number of piperidine rings is 2. The highest BCUT2D eigenvalue weighted by molar-refractivity contribution is 6.08. The molecule has 9 rings (SSSR count). The van der Waals surface area contributed by atoms with E-state index in [1.165, 1.54) is 0 Å². The molecule has 7 amide bonds. The maximum atomic E-state index is 14.3. The van der Waals surface area contributed by atoms with Gasteiger partial charge < -0.3 is 64.1 Å². The van der Waals surface area contributed by atoms with E-state index in [0.717, 1.165) is 42.4 Å². The molecule has 6 aliphatic rings. The van der Waals surface area contributed by atoms with Crippen molar-refractivity contribution in [1.82, 2.24) is 24.9 Å². The third-order valence-corrected chi connectivity index (χ3v) is 15.6. The molecule has 4 heterocycles. The van der Waals surface area contributed by atoms with Gasteiger partial charge in [0, 0.05) is 101 Å². The molecule has 3 aromatic carbocycles. The standard InChI is InChI=1S/C35H46N4O7.C27H40N4O5/c1-23(2)39(26-13-10-17-37(21-26)33(43)46-34(4,5)6)30(40)27-20-28-29(19-24(27)3)45-35(14-15-35)31(41)38(28)18-16-36-32(42)44-22-25-11-8-7-9-12-25;1-17(2)31(19-8-7-12-29(16-19)25(34)36-26(4,5)6)23(32)20-15-21-22(14-18(20)3)35-27(9-10-27)24(33)30(21)13-11-28/h7-9,11-12,19-20,23,26H,10,13-18,21-22H2,1-6H3,(H,36,42);14-15,17,19H,7-13,16,28H2,1-6H3/t26-;19-/m11/s1. The summed E-state index contributed by atoms with van der Waals surface area (Å²) in [5.74, 6) is 0.620. The molecule has 0 bridgehead atoms. The molecule has 20 heteroatoms. The normalized spacial score (nSPS) is 19.5. The molecule has 2 saturated heterocycles. The van der Waals surface area contributed by atoms with Crippen molar-refractivity contribution in [2.75, 3.05) is 62.2 Å². The molecule has 2 spiro atoms. The average Bonchev–Trinajstić information content (AvgIpc) is 3.45. The molecule has 82 heavy (non-hydrogen) atoms. The molecular weight excluding hydrogens is 1050 g/mol. The van der Waals surface area contributed by atoms with E-state index in [2.05, 4.69) is 5.32 Å². The maximum Gasteiger partial charge on any atom is 0.410 e. The van der Waals surface area contributed by atoms with Crippen LogP contribution in [0, 0.1) is 13.8 Å². The predicted octanol–water partition coefficient (Wildman–Crippen LogP) is 8.89. The molecule has 0 radical (unpaired) electrons. The lowest BCUT2D eigenvalue weighted by molar-refractivity contribution is -0.128. The highest BCUT2D eigenvalue weighted by Crippen LogP contribution is 2.51. The summed E-state index contributed by atoms with van der Waals surface area (Å²) in [4.78, 5) is 103. The zero-order valence-corrected chi connectivity index (χ0v) is 50.2. The molecule has 2 aliphatic carbocycles. The number of nitrogens with two attached hydrogens (primary N) is 1. The minimum absolute atomic E-state index is 0.0794. The Morgan fingerprint density at radius 1 is 0.671 bits per heavy atom. The van der Waals surface area contributed by atoms with Crippen LogP contribution in [0.5, 0.6) is 11.5 Å². The van der Waals surface area contributed by atoms with E-state index in [1.54, 1.807) is 31.7 Å². The van der Waals surface area contributed by atoms with Crippen molar-refractivity contribution in [2.24, 2.45) is 5.73 Å². The van der Waals surface area contributed by atoms with Crippen molar-refractivity contribution in [3.05, 3.63) is 82.4 Å². The van der Waals surface area contributed by atoms with Crippen molar-refractivity contribution in [3.63, 3.8) is 0 Å². The van der Waals surface area contributed by atoms with E-state index in [9.17, 15) is 33.6 Å². The number of hydrogen-bond donors (Lipinski definition) is 2. The Morgan fingerprint density at radius 3 is 1.49 bits per heavy atom. The van der Waals surface area contributed by atoms with Crippen molar-refractivity contribution < 1.29 is 57.2 Å². The van der Waals surface area contributed by atoms with Gasteiger partial charge >= 0.3 is 18.3 Å². The number of benzene rings is 3. The van der Waals surface area contributed by atoms with Crippen molar-refractivity contribution in [2.45, 2.75) is 188 Å². The second-order valence-electron chi connectivity index (χ2n) is 25.2. The van der Waals surface area contributed by atoms with E-state index in [4.69, 9.17) is 29.4 Å². The number of aryl methyl sites for hydroxylation is 2. The first-order valence-corrected chi connectivity index (χ1v) is 29.2. The Morgan fingerprint density at radius 2 is 1.10 bits per heavy atom. The summed E-state index contributed by atoms with van der Waals surface area (Å²) in [6.45, 7) is 25.9. The number of nitrogens with zero attached hydrogens (tertiary/aromatic N) is 6. The number of ether oxygens (including phenoxy) is 5. The van der Waals surface area contributed by atoms with E-state index in [-0.39, 0.29) is 79.7 Å². The number of nitrogens with one attached hydrogen (secondary N) is 1. The second-order valence-corrected chi connectivity index (χ2v) is 25.2. The topological polar surface area (TPSA) is 223 Å². The molecular formula is C62H86N8O12. The van der Waals surface area contributed by atoms with Gasteiger partial charge in [-0.05, 0) is 150 Å². The van der Waals surface area contributed by atoms with Crippen LogP contribution in [0.1, 0.15) is 158 Å². The lowest BCUT2D eigenvalue weighted by Crippen LogP contribution is -2.54. The lowest BCUT2D eigenvalue weighted by Gasteiger charge is -2.42. The number of hydrogen-bond acceptors (Lipinski definition) is 13. The van der Waals surface area contributed by atoms with Crippen molar-refractivity contribution in [1.29, 1.82) is 0 Å². The first kappa shape index (κ1) is 61.0. The number of carbonyl (C=O) groups excluding carboxylic acids is 7. The second kappa shape index (κ2) is 24.4. The van der Waals surface area contributed by atoms with Crippen LogP contribution in [0.15, 0.2) is 54.6 Å². The molecule has 0 aromatic heterocycles. The van der Waals surface area contributed by atoms with Gasteiger partial charge in [-0.2, -0.15) is 0 Å². The molecule has 4 fully saturated rings. The molecule has 3 aromatic rings. The third kappa shape index (κ3) is 13.9. The predicted molar refractivity (Wildman–Crippen MR) is 310 cm³/mol. The van der Waals surface area contributed by atoms with Gasteiger partial charge in [-0.25, -0.2) is 14.4 Å². The number of carbonyl (C=O) groups is 7. The lowest BCUT2D eigenvalue weighted by atomic mass is 9.98. The Labute approximate surface area is 483 Å². The van der Waals surface area contributed by atoms with Gasteiger partial charge in [-0.15, -0.1) is 0 Å². The van der Waals surface area contributed by atoms with Gasteiger partial charge in [0.15, 0.2) is 11.2 Å². The van der Waals surface area contributed by atoms with Gasteiger partial charge in [0.1, 0.15) is 29.3 Å². The molecule has 2 saturated carbocycles. The van der Waals surface area contributed by atoms with Crippen LogP contribution in [0.3, 0.4) is 0 Å². The molecule has 4 aliphatic heterocycles. The zero-order valence-electron chi connectivity index (χ0n) is 50.2. The average molecular weight is 1140 g/mol. The van der Waals surface area contributed by atoms with E-state index in [0.29, 0.717) is 99.0 Å². The number of alkyl carbamates (subject to hydrolysis) is 1. The fourth-order valence-corrected chi connectivity index (χ4v) is 11.4. The van der Waals surface area contributed by atoms with Gasteiger partial charge in [0.25, 0.3) is 23.6 Å². The minimum atomic E-state index is -0.893. The van der Waals surface area contributed by atoms with Crippen LogP contribution >= 0.6 is 0 Å². The number of anilines is 2. The van der Waals surface area contributed by atoms with Crippen LogP contribution in [0.4, 0.5) is 25.8 Å². The van der Waals surface area contributed by atoms with Gasteiger partial charge in [-0.3, -0.25) is 19.2 Å². The molecule has 0 unspecified atom stereocenters. The molecule has 446 valence electrons. The van der Waals surface area contributed by atoms with Crippen LogP contribution in [-0.2, 0) is 30.4 Å². The Hall–Kier alpha value is -7.09. The summed E-state index contributed by atoms with van der Waals surface area (Å²) < 4.78 is 28.9. The Balaban J connectivity index is 0.000000221. The molecule has 2 atom stereocenters. The van der Waals surface area contributed by atoms with E-state index >= 15 is 0 Å². The summed E-state index contributed by atoms with van der Waals surface area (Å²) in [6.07, 6.45) is 4.42. The maximum absolute atomic E-state index is 14.3. The third-order valence-electron chi connectivity index (χ3n) is 15.6. The Kier molecular flexibility index (Phi) is 18.1. The smallest absolute Gasteiger partial charge is 0.410 e. The number of rotatable bonds is 13. The quantitative estimate of drug-likeness (QED) is 0.153. The summed E-state index contributed by atoms with van der Waals surface area (Å²) >= 11 is 0. The van der Waals surface area contributed by atoms with E-state index < -0.39 is 28.5 Å². The first-order valence-electron chi connectivity index (χ1n) is 29.2. The highest BCUT2D eigenvalue weighted by Gasteiger charge is 2.59. The highest BCUT2D eigenvalue weighted by atomic mass is 16.6. The zero-order chi connectivity index (χ0) is 59.6.